The van der Waals surface area contributed by atoms with Crippen LogP contribution in [0.5, 0.6) is 11.5 Å². The summed E-state index contributed by atoms with van der Waals surface area (Å²) < 4.78 is 36.9. The summed E-state index contributed by atoms with van der Waals surface area (Å²) in [7, 11) is 0. The van der Waals surface area contributed by atoms with Gasteiger partial charge in [0.2, 0.25) is 24.0 Å². The molecule has 9 nitrogen and oxygen atoms in total. The van der Waals surface area contributed by atoms with Gasteiger partial charge in [-0.3, -0.25) is 19.7 Å². The minimum absolute atomic E-state index is 0.0186. The van der Waals surface area contributed by atoms with Crippen molar-refractivity contribution in [2.45, 2.75) is 19.4 Å². The predicted octanol–water partition coefficient (Wildman–Crippen LogP) is 4.18. The van der Waals surface area contributed by atoms with Crippen molar-refractivity contribution in [1.29, 1.82) is 0 Å². The van der Waals surface area contributed by atoms with Gasteiger partial charge in [0.25, 0.3) is 0 Å². The smallest absolute Gasteiger partial charge is 0.246 e. The predicted molar refractivity (Wildman–Crippen MR) is 137 cm³/mol. The maximum Gasteiger partial charge on any atom is 0.246 e. The summed E-state index contributed by atoms with van der Waals surface area (Å²) in [6.07, 6.45) is 11.6. The Morgan fingerprint density at radius 3 is 2.62 bits per heavy atom. The minimum Gasteiger partial charge on any atom is -0.463 e. The Morgan fingerprint density at radius 1 is 1.05 bits per heavy atom. The summed E-state index contributed by atoms with van der Waals surface area (Å²) in [5.74, 6) is -0.263. The molecule has 0 radical (unpaired) electrons. The van der Waals surface area contributed by atoms with Crippen LogP contribution in [0.1, 0.15) is 28.8 Å². The summed E-state index contributed by atoms with van der Waals surface area (Å²) in [6.45, 7) is -0.291. The molecule has 0 atom stereocenters. The zero-order valence-electron chi connectivity index (χ0n) is 20.4. The minimum atomic E-state index is -0.606. The lowest BCUT2D eigenvalue weighted by atomic mass is 10.0. The summed E-state index contributed by atoms with van der Waals surface area (Å²) >= 11 is 0. The van der Waals surface area contributed by atoms with Crippen LogP contribution in [0, 0.1) is 5.82 Å². The van der Waals surface area contributed by atoms with Gasteiger partial charge in [0, 0.05) is 17.8 Å². The number of carbonyl (C=O) groups is 2. The first kappa shape index (κ1) is 24.2. The molecule has 6 rings (SSSR count). The molecular weight excluding hydrogens is 507 g/mol. The van der Waals surface area contributed by atoms with Crippen LogP contribution in [-0.2, 0) is 20.8 Å². The van der Waals surface area contributed by atoms with E-state index < -0.39 is 22.9 Å². The molecule has 196 valence electrons. The lowest BCUT2D eigenvalue weighted by Gasteiger charge is -2.20. The summed E-state index contributed by atoms with van der Waals surface area (Å²) in [5, 5.41) is 2.83. The normalized spacial score (nSPS) is 15.6. The number of ketones is 1. The highest BCUT2D eigenvalue weighted by atomic mass is 19.1. The molecule has 1 N–H and O–H groups in total. The second kappa shape index (κ2) is 9.97. The molecule has 0 fully saturated rings. The number of pyridine rings is 1. The second-order valence-corrected chi connectivity index (χ2v) is 8.97. The Hall–Kier alpha value is -5.12. The quantitative estimate of drug-likeness (QED) is 0.479. The second-order valence-electron chi connectivity index (χ2n) is 8.97. The number of amides is 1. The van der Waals surface area contributed by atoms with Gasteiger partial charge in [0.15, 0.2) is 29.3 Å². The molecule has 0 saturated carbocycles. The fraction of sp³-hybridized carbons (Fsp3) is 0.138. The Balaban J connectivity index is 1.31. The third-order valence-electron chi connectivity index (χ3n) is 6.40. The van der Waals surface area contributed by atoms with Crippen molar-refractivity contribution in [3.8, 4) is 11.5 Å². The van der Waals surface area contributed by atoms with E-state index in [2.05, 4.69) is 5.32 Å². The first-order chi connectivity index (χ1) is 19.0. The van der Waals surface area contributed by atoms with Crippen molar-refractivity contribution in [3.63, 3.8) is 0 Å². The molecule has 0 saturated heterocycles. The monoisotopic (exact) mass is 528 g/mol. The standard InChI is InChI=1S/C29H21FN2O7/c30-19-8-6-18(7-9-19)28(34)21-12-32(22-11-24-23(37-16-38-24)10-20(22)29(21)35)13-26(33)31-27-15-36-14-25(39-27)17-4-2-1-3-5-17/h1-2,4,6-12,14-15H,3,5,13,16H2,(H,31,33). The number of halogens is 1. The van der Waals surface area contributed by atoms with Crippen molar-refractivity contribution < 1.29 is 32.9 Å². The topological polar surface area (TPSA) is 105 Å². The van der Waals surface area contributed by atoms with E-state index in [1.165, 1.54) is 41.5 Å². The zero-order chi connectivity index (χ0) is 26.9. The van der Waals surface area contributed by atoms with E-state index in [1.54, 1.807) is 6.07 Å². The van der Waals surface area contributed by atoms with E-state index >= 15 is 0 Å². The highest BCUT2D eigenvalue weighted by molar-refractivity contribution is 6.10. The van der Waals surface area contributed by atoms with Gasteiger partial charge in [-0.15, -0.1) is 0 Å². The van der Waals surface area contributed by atoms with Crippen LogP contribution in [0.2, 0.25) is 0 Å². The van der Waals surface area contributed by atoms with Crippen molar-refractivity contribution in [2.75, 3.05) is 6.79 Å². The van der Waals surface area contributed by atoms with E-state index in [-0.39, 0.29) is 35.7 Å². The third-order valence-corrected chi connectivity index (χ3v) is 6.40. The van der Waals surface area contributed by atoms with E-state index in [9.17, 15) is 18.8 Å². The Labute approximate surface area is 221 Å². The average Bonchev–Trinajstić information content (AvgIpc) is 3.42. The van der Waals surface area contributed by atoms with Gasteiger partial charge >= 0.3 is 0 Å². The van der Waals surface area contributed by atoms with Crippen molar-refractivity contribution in [3.05, 3.63) is 118 Å². The van der Waals surface area contributed by atoms with Crippen molar-refractivity contribution in [2.24, 2.45) is 0 Å². The summed E-state index contributed by atoms with van der Waals surface area (Å²) in [4.78, 5) is 39.7. The zero-order valence-corrected chi connectivity index (χ0v) is 20.4. The number of rotatable bonds is 6. The number of carbonyl (C=O) groups excluding carboxylic acids is 2. The molecular formula is C29H21FN2O7. The Kier molecular flexibility index (Phi) is 6.20. The molecule has 39 heavy (non-hydrogen) atoms. The number of aromatic nitrogens is 1. The maximum absolute atomic E-state index is 13.4. The van der Waals surface area contributed by atoms with Crippen LogP contribution >= 0.6 is 0 Å². The van der Waals surface area contributed by atoms with Gasteiger partial charge in [-0.2, -0.15) is 0 Å². The highest BCUT2D eigenvalue weighted by Crippen LogP contribution is 2.35. The molecule has 0 bridgehead atoms. The number of nitrogens with zero attached hydrogens (tertiary/aromatic N) is 1. The van der Waals surface area contributed by atoms with Gasteiger partial charge in [0.05, 0.1) is 16.5 Å². The van der Waals surface area contributed by atoms with Crippen LogP contribution in [-0.4, -0.2) is 23.1 Å². The number of benzene rings is 2. The van der Waals surface area contributed by atoms with Gasteiger partial charge < -0.3 is 23.5 Å². The molecule has 1 aromatic heterocycles. The number of fused-ring (bicyclic) bond motifs is 2. The van der Waals surface area contributed by atoms with Crippen LogP contribution < -0.4 is 20.2 Å². The van der Waals surface area contributed by atoms with Crippen LogP contribution in [0.4, 0.5) is 4.39 Å². The molecule has 0 unspecified atom stereocenters. The number of nitrogens with one attached hydrogen (secondary N) is 1. The van der Waals surface area contributed by atoms with Crippen LogP contribution in [0.3, 0.4) is 0 Å². The van der Waals surface area contributed by atoms with Gasteiger partial charge in [-0.1, -0.05) is 18.2 Å². The van der Waals surface area contributed by atoms with Gasteiger partial charge in [0.1, 0.15) is 18.6 Å². The lowest BCUT2D eigenvalue weighted by Crippen LogP contribution is -2.30. The Morgan fingerprint density at radius 2 is 1.85 bits per heavy atom. The molecule has 3 aromatic rings. The lowest BCUT2D eigenvalue weighted by molar-refractivity contribution is -0.121. The Bertz CT molecular complexity index is 1700. The molecule has 1 amide bonds. The molecule has 10 heteroatoms. The maximum atomic E-state index is 13.4. The number of allylic oxidation sites excluding steroid dienone is 4. The SMILES string of the molecule is O=C(Cn1cc(C(=O)c2ccc(F)cc2)c(=O)c2cc3c(cc21)OCO3)NC1=COC=C(C2=CC=CCC2)O1. The van der Waals surface area contributed by atoms with E-state index in [0.29, 0.717) is 22.8 Å². The van der Waals surface area contributed by atoms with Crippen molar-refractivity contribution >= 4 is 22.6 Å². The van der Waals surface area contributed by atoms with Crippen molar-refractivity contribution in [1.82, 2.24) is 9.88 Å². The molecule has 2 aliphatic heterocycles. The number of hydrogen-bond acceptors (Lipinski definition) is 7. The third kappa shape index (κ3) is 4.79. The molecule has 2 aromatic carbocycles. The largest absolute Gasteiger partial charge is 0.463 e. The first-order valence-corrected chi connectivity index (χ1v) is 12.1. The number of ether oxygens (including phenoxy) is 4. The first-order valence-electron chi connectivity index (χ1n) is 12.1. The van der Waals surface area contributed by atoms with Gasteiger partial charge in [-0.05, 0) is 48.7 Å². The van der Waals surface area contributed by atoms with E-state index in [4.69, 9.17) is 18.9 Å². The average molecular weight is 528 g/mol. The summed E-state index contributed by atoms with van der Waals surface area (Å²) in [6, 6.07) is 7.95. The number of hydrogen-bond donors (Lipinski definition) is 1. The molecule has 3 heterocycles. The fourth-order valence-electron chi connectivity index (χ4n) is 4.49. The van der Waals surface area contributed by atoms with Gasteiger partial charge in [-0.25, -0.2) is 4.39 Å². The van der Waals surface area contributed by atoms with Crippen LogP contribution in [0.15, 0.2) is 95.4 Å². The molecule has 1 aliphatic carbocycles. The van der Waals surface area contributed by atoms with E-state index in [0.717, 1.165) is 30.5 Å². The van der Waals surface area contributed by atoms with Crippen LogP contribution in [0.25, 0.3) is 10.9 Å². The summed E-state index contributed by atoms with van der Waals surface area (Å²) in [5.41, 5.74) is 0.701. The molecule has 0 spiro atoms. The fourth-order valence-corrected chi connectivity index (χ4v) is 4.49. The highest BCUT2D eigenvalue weighted by Gasteiger charge is 2.23. The van der Waals surface area contributed by atoms with E-state index in [1.807, 2.05) is 18.2 Å². The molecule has 3 aliphatic rings.